The Morgan fingerprint density at radius 2 is 1.81 bits per heavy atom. The molecule has 256 valence electrons. The van der Waals surface area contributed by atoms with Crippen molar-refractivity contribution < 1.29 is 43.5 Å². The first-order valence-corrected chi connectivity index (χ1v) is 17.0. The van der Waals surface area contributed by atoms with Crippen LogP contribution in [0.1, 0.15) is 108 Å². The monoisotopic (exact) mass is 658 g/mol. The van der Waals surface area contributed by atoms with Crippen LogP contribution in [0.5, 0.6) is 17.2 Å². The Bertz CT molecular complexity index is 1800. The number of phenolic OH excluding ortho intramolecular Hbond substituents is 1. The van der Waals surface area contributed by atoms with Crippen LogP contribution in [0.2, 0.25) is 0 Å². The number of carbonyl (C=O) groups is 3. The fourth-order valence-electron chi connectivity index (χ4n) is 9.67. The highest BCUT2D eigenvalue weighted by molar-refractivity contribution is 6.18. The maximum absolute atomic E-state index is 15.0. The quantitative estimate of drug-likeness (QED) is 0.210. The Labute approximate surface area is 281 Å². The number of esters is 1. The average Bonchev–Trinajstić information content (AvgIpc) is 3.19. The van der Waals surface area contributed by atoms with Crippen molar-refractivity contribution in [3.63, 3.8) is 0 Å². The van der Waals surface area contributed by atoms with Crippen LogP contribution < -0.4 is 9.47 Å². The summed E-state index contributed by atoms with van der Waals surface area (Å²) in [6.45, 7) is 13.4. The van der Waals surface area contributed by atoms with Crippen LogP contribution in [-0.4, -0.2) is 63.9 Å². The molecule has 3 aliphatic heterocycles. The first kappa shape index (κ1) is 32.8. The number of rotatable bonds is 6. The number of ether oxygens (including phenoxy) is 4. The summed E-state index contributed by atoms with van der Waals surface area (Å²) in [5.41, 5.74) is 0.605. The molecule has 48 heavy (non-hydrogen) atoms. The molecule has 0 radical (unpaired) electrons. The third kappa shape index (κ3) is 4.19. The first-order chi connectivity index (χ1) is 22.6. The minimum atomic E-state index is -1.60. The van der Waals surface area contributed by atoms with E-state index in [0.717, 1.165) is 18.4 Å². The van der Waals surface area contributed by atoms with Crippen molar-refractivity contribution in [2.75, 3.05) is 13.7 Å². The Balaban J connectivity index is 1.52. The lowest BCUT2D eigenvalue weighted by Crippen LogP contribution is -2.72. The van der Waals surface area contributed by atoms with E-state index in [9.17, 15) is 19.8 Å². The molecule has 7 aliphatic rings. The van der Waals surface area contributed by atoms with Crippen LogP contribution >= 0.6 is 0 Å². The minimum Gasteiger partial charge on any atom is -0.507 e. The van der Waals surface area contributed by atoms with Crippen LogP contribution in [0.15, 0.2) is 46.1 Å². The van der Waals surface area contributed by atoms with Gasteiger partial charge in [-0.25, -0.2) is 4.79 Å². The minimum absolute atomic E-state index is 0.000490. The van der Waals surface area contributed by atoms with Crippen molar-refractivity contribution in [2.24, 2.45) is 11.8 Å². The van der Waals surface area contributed by atoms with Gasteiger partial charge in [-0.1, -0.05) is 34.9 Å². The molecule has 0 unspecified atom stereocenters. The summed E-state index contributed by atoms with van der Waals surface area (Å²) in [6.07, 6.45) is 8.28. The summed E-state index contributed by atoms with van der Waals surface area (Å²) in [4.78, 5) is 41.9. The second kappa shape index (κ2) is 10.7. The zero-order valence-electron chi connectivity index (χ0n) is 29.2. The summed E-state index contributed by atoms with van der Waals surface area (Å²) >= 11 is 0. The smallest absolute Gasteiger partial charge is 0.333 e. The zero-order valence-corrected chi connectivity index (χ0v) is 29.2. The number of phenols is 1. The van der Waals surface area contributed by atoms with E-state index in [-0.39, 0.29) is 59.9 Å². The number of aliphatic hydroxyl groups excluding tert-OH is 1. The summed E-state index contributed by atoms with van der Waals surface area (Å²) in [7, 11) is 1.30. The molecule has 0 amide bonds. The summed E-state index contributed by atoms with van der Waals surface area (Å²) < 4.78 is 25.8. The van der Waals surface area contributed by atoms with Crippen LogP contribution in [0, 0.1) is 11.8 Å². The molecule has 0 aromatic heterocycles. The van der Waals surface area contributed by atoms with Crippen molar-refractivity contribution >= 4 is 17.5 Å². The van der Waals surface area contributed by atoms with E-state index in [1.165, 1.54) is 18.3 Å². The number of ketones is 2. The number of aromatic hydroxyl groups is 1. The summed E-state index contributed by atoms with van der Waals surface area (Å²) in [5, 5.41) is 22.1. The van der Waals surface area contributed by atoms with Gasteiger partial charge in [-0.3, -0.25) is 9.59 Å². The number of allylic oxidation sites excluding steroid dienone is 4. The molecule has 2 saturated carbocycles. The van der Waals surface area contributed by atoms with Crippen LogP contribution in [0.4, 0.5) is 0 Å². The van der Waals surface area contributed by atoms with Gasteiger partial charge in [0.25, 0.3) is 0 Å². The number of Topliss-reactive ketones (excluding diaryl/α,β-unsaturated/α-hetero) is 2. The van der Waals surface area contributed by atoms with Gasteiger partial charge in [-0.15, -0.1) is 0 Å². The largest absolute Gasteiger partial charge is 0.507 e. The van der Waals surface area contributed by atoms with E-state index < -0.39 is 34.3 Å². The molecule has 6 atom stereocenters. The lowest BCUT2D eigenvalue weighted by molar-refractivity contribution is -0.171. The molecule has 3 heterocycles. The standard InChI is InChI=1S/C39H46O9/c1-19(2)23-12-13-37(7)17-25(23)28-31(42)29-30(41)26-15-22-16-27-36(5,6)48-38(34(22)43,14-11-21(4)35(44)45-8)39(26,27)47-33(29)24(32(28)46-37)10-9-20(3)18-40/h9,11,15,22,25,27,40,42H,10,12-14,16-18H2,1-8H3/b20-9+,21-11-/t22-,25+,27+,37-,38+,39-/m1/s1. The Hall–Kier alpha value is -3.69. The maximum atomic E-state index is 15.0. The van der Waals surface area contributed by atoms with Crippen molar-refractivity contribution in [1.82, 2.24) is 0 Å². The fraction of sp³-hybridized carbons (Fsp3) is 0.564. The second-order valence-electron chi connectivity index (χ2n) is 15.6. The third-order valence-electron chi connectivity index (χ3n) is 12.0. The van der Waals surface area contributed by atoms with E-state index in [2.05, 4.69) is 20.8 Å². The van der Waals surface area contributed by atoms with Gasteiger partial charge in [0.05, 0.1) is 19.3 Å². The highest BCUT2D eigenvalue weighted by Crippen LogP contribution is 2.69. The number of fused-ring (bicyclic) bond motifs is 5. The van der Waals surface area contributed by atoms with Crippen LogP contribution in [-0.2, 0) is 25.5 Å². The highest BCUT2D eigenvalue weighted by Gasteiger charge is 2.81. The molecule has 3 fully saturated rings. The maximum Gasteiger partial charge on any atom is 0.333 e. The van der Waals surface area contributed by atoms with Crippen molar-refractivity contribution in [2.45, 2.75) is 115 Å². The van der Waals surface area contributed by atoms with Gasteiger partial charge in [0.1, 0.15) is 28.4 Å². The van der Waals surface area contributed by atoms with E-state index in [1.54, 1.807) is 19.1 Å². The molecular formula is C39H46O9. The molecule has 2 N–H and O–H groups in total. The summed E-state index contributed by atoms with van der Waals surface area (Å²) in [5.74, 6) is -1.65. The molecule has 1 spiro atoms. The van der Waals surface area contributed by atoms with Crippen LogP contribution in [0.3, 0.4) is 0 Å². The SMILES string of the molecule is COC(=O)/C(C)=C\C[C@@]12OC(C)(C)[C@@H]3C[C@@H](C=C4C(=O)c5c(O)c6c(c(C/C=C(\C)CO)c5O[C@]431)O[C@]1(C)CCC(=C(C)C)[C@@H]6C1)C2=O. The second-order valence-corrected chi connectivity index (χ2v) is 15.6. The lowest BCUT2D eigenvalue weighted by atomic mass is 9.51. The number of benzene rings is 1. The molecule has 9 heteroatoms. The molecule has 9 nitrogen and oxygen atoms in total. The fourth-order valence-corrected chi connectivity index (χ4v) is 9.67. The normalized spacial score (nSPS) is 34.1. The number of methoxy groups -OCH3 is 1. The van der Waals surface area contributed by atoms with E-state index in [4.69, 9.17) is 18.9 Å². The Kier molecular flexibility index (Phi) is 7.29. The molecule has 1 aromatic rings. The highest BCUT2D eigenvalue weighted by atomic mass is 16.6. The predicted octanol–water partition coefficient (Wildman–Crippen LogP) is 6.14. The molecule has 4 aliphatic carbocycles. The molecule has 1 aromatic carbocycles. The Morgan fingerprint density at radius 3 is 2.48 bits per heavy atom. The van der Waals surface area contributed by atoms with Gasteiger partial charge in [-0.2, -0.15) is 0 Å². The van der Waals surface area contributed by atoms with Gasteiger partial charge >= 0.3 is 5.97 Å². The number of aliphatic hydroxyl groups is 1. The number of carbonyl (C=O) groups excluding carboxylic acids is 3. The third-order valence-corrected chi connectivity index (χ3v) is 12.0. The zero-order chi connectivity index (χ0) is 34.7. The van der Waals surface area contributed by atoms with E-state index in [1.807, 2.05) is 26.8 Å². The van der Waals surface area contributed by atoms with Gasteiger partial charge in [-0.05, 0) is 80.6 Å². The van der Waals surface area contributed by atoms with Gasteiger partial charge in [0, 0.05) is 46.4 Å². The van der Waals surface area contributed by atoms with Gasteiger partial charge in [0.2, 0.25) is 0 Å². The summed E-state index contributed by atoms with van der Waals surface area (Å²) in [6, 6.07) is 0. The number of hydrogen-bond acceptors (Lipinski definition) is 9. The molecule has 6 bridgehead atoms. The van der Waals surface area contributed by atoms with E-state index in [0.29, 0.717) is 40.9 Å². The molecule has 8 rings (SSSR count). The average molecular weight is 659 g/mol. The van der Waals surface area contributed by atoms with Gasteiger partial charge in [0.15, 0.2) is 22.8 Å². The lowest BCUT2D eigenvalue weighted by Gasteiger charge is -2.56. The van der Waals surface area contributed by atoms with Crippen molar-refractivity contribution in [3.8, 4) is 17.2 Å². The Morgan fingerprint density at radius 1 is 1.08 bits per heavy atom. The number of hydrogen-bond donors (Lipinski definition) is 2. The molecular weight excluding hydrogens is 612 g/mol. The van der Waals surface area contributed by atoms with Crippen molar-refractivity contribution in [1.29, 1.82) is 0 Å². The van der Waals surface area contributed by atoms with Crippen molar-refractivity contribution in [3.05, 3.63) is 62.8 Å². The van der Waals surface area contributed by atoms with Crippen LogP contribution in [0.25, 0.3) is 0 Å². The van der Waals surface area contributed by atoms with Gasteiger partial charge < -0.3 is 29.2 Å². The van der Waals surface area contributed by atoms with E-state index >= 15 is 4.79 Å². The first-order valence-electron chi connectivity index (χ1n) is 17.0. The molecule has 1 saturated heterocycles. The predicted molar refractivity (Wildman–Crippen MR) is 177 cm³/mol. The topological polar surface area (TPSA) is 129 Å².